The quantitative estimate of drug-likeness (QED) is 0.842. The van der Waals surface area contributed by atoms with E-state index in [1.165, 1.54) is 21.9 Å². The molecule has 0 aromatic heterocycles. The predicted octanol–water partition coefficient (Wildman–Crippen LogP) is 0.0850. The number of hydrogen-bond acceptors (Lipinski definition) is 3. The van der Waals surface area contributed by atoms with Crippen LogP contribution in [0.1, 0.15) is 11.1 Å². The second kappa shape index (κ2) is 5.36. The number of rotatable bonds is 3. The molecule has 0 bridgehead atoms. The first kappa shape index (κ1) is 13.5. The summed E-state index contributed by atoms with van der Waals surface area (Å²) in [7, 11) is 1.60. The zero-order valence-electron chi connectivity index (χ0n) is 10.7. The Kier molecular flexibility index (Phi) is 3.80. The van der Waals surface area contributed by atoms with E-state index in [1.807, 2.05) is 0 Å². The molecular weight excluding hydrogens is 249 g/mol. The van der Waals surface area contributed by atoms with E-state index >= 15 is 0 Å². The van der Waals surface area contributed by atoms with Gasteiger partial charge in [0.25, 0.3) is 0 Å². The topological polar surface area (TPSA) is 66.6 Å². The molecule has 1 heterocycles. The molecule has 102 valence electrons. The lowest BCUT2D eigenvalue weighted by Crippen LogP contribution is -2.51. The molecule has 0 atom stereocenters. The van der Waals surface area contributed by atoms with Crippen molar-refractivity contribution in [2.75, 3.05) is 20.1 Å². The fraction of sp³-hybridized carbons (Fsp3) is 0.385. The molecule has 2 N–H and O–H groups in total. The molecule has 0 unspecified atom stereocenters. The maximum atomic E-state index is 13.1. The molecule has 0 spiro atoms. The summed E-state index contributed by atoms with van der Waals surface area (Å²) >= 11 is 0. The summed E-state index contributed by atoms with van der Waals surface area (Å²) in [6.07, 6.45) is 0. The Morgan fingerprint density at radius 2 is 1.95 bits per heavy atom. The molecule has 1 aromatic carbocycles. The van der Waals surface area contributed by atoms with Crippen LogP contribution in [-0.4, -0.2) is 41.8 Å². The smallest absolute Gasteiger partial charge is 0.242 e. The van der Waals surface area contributed by atoms with E-state index in [4.69, 9.17) is 5.73 Å². The number of halogens is 1. The fourth-order valence-corrected chi connectivity index (χ4v) is 2.05. The molecule has 0 saturated carbocycles. The third kappa shape index (κ3) is 2.90. The van der Waals surface area contributed by atoms with Gasteiger partial charge in [-0.2, -0.15) is 0 Å². The molecule has 19 heavy (non-hydrogen) atoms. The van der Waals surface area contributed by atoms with Gasteiger partial charge in [-0.3, -0.25) is 9.59 Å². The SMILES string of the molecule is CN1CC(=O)N(Cc2ccc(F)cc2CN)CC1=O. The van der Waals surface area contributed by atoms with Gasteiger partial charge in [0.05, 0.1) is 6.54 Å². The fourth-order valence-electron chi connectivity index (χ4n) is 2.05. The number of nitrogens with zero attached hydrogens (tertiary/aromatic N) is 2. The van der Waals surface area contributed by atoms with Crippen LogP contribution in [0, 0.1) is 5.82 Å². The molecule has 2 amide bonds. The highest BCUT2D eigenvalue weighted by Gasteiger charge is 2.27. The Balaban J connectivity index is 2.17. The lowest BCUT2D eigenvalue weighted by Gasteiger charge is -2.32. The van der Waals surface area contributed by atoms with Gasteiger partial charge in [0.2, 0.25) is 11.8 Å². The van der Waals surface area contributed by atoms with Crippen LogP contribution in [0.25, 0.3) is 0 Å². The van der Waals surface area contributed by atoms with Crippen molar-refractivity contribution in [3.8, 4) is 0 Å². The van der Waals surface area contributed by atoms with Crippen LogP contribution in [0.15, 0.2) is 18.2 Å². The maximum Gasteiger partial charge on any atom is 0.242 e. The summed E-state index contributed by atoms with van der Waals surface area (Å²) in [5.41, 5.74) is 6.99. The molecule has 0 radical (unpaired) electrons. The van der Waals surface area contributed by atoms with Gasteiger partial charge in [-0.25, -0.2) is 4.39 Å². The number of likely N-dealkylation sites (N-methyl/N-ethyl adjacent to an activating group) is 1. The summed E-state index contributed by atoms with van der Waals surface area (Å²) in [5.74, 6) is -0.574. The average Bonchev–Trinajstić information content (AvgIpc) is 2.37. The van der Waals surface area contributed by atoms with Crippen LogP contribution in [0.4, 0.5) is 4.39 Å². The zero-order chi connectivity index (χ0) is 14.0. The van der Waals surface area contributed by atoms with E-state index in [-0.39, 0.29) is 43.8 Å². The van der Waals surface area contributed by atoms with E-state index in [9.17, 15) is 14.0 Å². The first-order chi connectivity index (χ1) is 9.01. The van der Waals surface area contributed by atoms with Crippen molar-refractivity contribution in [2.24, 2.45) is 5.73 Å². The molecule has 6 heteroatoms. The minimum atomic E-state index is -0.356. The molecule has 5 nitrogen and oxygen atoms in total. The van der Waals surface area contributed by atoms with Crippen molar-refractivity contribution in [1.82, 2.24) is 9.80 Å². The highest BCUT2D eigenvalue weighted by atomic mass is 19.1. The molecule has 1 aromatic rings. The number of nitrogens with two attached hydrogens (primary N) is 1. The van der Waals surface area contributed by atoms with E-state index in [2.05, 4.69) is 0 Å². The second-order valence-corrected chi connectivity index (χ2v) is 4.62. The van der Waals surface area contributed by atoms with Crippen LogP contribution in [0.5, 0.6) is 0 Å². The predicted molar refractivity (Wildman–Crippen MR) is 67.3 cm³/mol. The Morgan fingerprint density at radius 1 is 1.21 bits per heavy atom. The monoisotopic (exact) mass is 265 g/mol. The summed E-state index contributed by atoms with van der Waals surface area (Å²) < 4.78 is 13.1. The molecule has 1 aliphatic rings. The van der Waals surface area contributed by atoms with Crippen LogP contribution in [0.2, 0.25) is 0 Å². The van der Waals surface area contributed by atoms with Gasteiger partial charge in [-0.1, -0.05) is 6.07 Å². The number of carbonyl (C=O) groups is 2. The number of carbonyl (C=O) groups excluding carboxylic acids is 2. The van der Waals surface area contributed by atoms with Crippen molar-refractivity contribution < 1.29 is 14.0 Å². The average molecular weight is 265 g/mol. The summed E-state index contributed by atoms with van der Waals surface area (Å²) in [4.78, 5) is 26.3. The van der Waals surface area contributed by atoms with Gasteiger partial charge in [0.15, 0.2) is 0 Å². The largest absolute Gasteiger partial charge is 0.335 e. The Bertz CT molecular complexity index is 519. The van der Waals surface area contributed by atoms with E-state index in [1.54, 1.807) is 13.1 Å². The highest BCUT2D eigenvalue weighted by molar-refractivity contribution is 5.92. The summed E-state index contributed by atoms with van der Waals surface area (Å²) in [6.45, 7) is 0.614. The third-order valence-corrected chi connectivity index (χ3v) is 3.23. The Morgan fingerprint density at radius 3 is 2.63 bits per heavy atom. The van der Waals surface area contributed by atoms with E-state index in [0.29, 0.717) is 5.56 Å². The molecule has 0 aliphatic carbocycles. The van der Waals surface area contributed by atoms with Crippen molar-refractivity contribution in [3.63, 3.8) is 0 Å². The lowest BCUT2D eigenvalue weighted by atomic mass is 10.1. The van der Waals surface area contributed by atoms with Crippen LogP contribution < -0.4 is 5.73 Å². The summed E-state index contributed by atoms with van der Waals surface area (Å²) in [6, 6.07) is 4.29. The van der Waals surface area contributed by atoms with Gasteiger partial charge in [-0.05, 0) is 23.3 Å². The van der Waals surface area contributed by atoms with E-state index in [0.717, 1.165) is 5.56 Å². The molecule has 2 rings (SSSR count). The van der Waals surface area contributed by atoms with Crippen LogP contribution in [0.3, 0.4) is 0 Å². The van der Waals surface area contributed by atoms with Gasteiger partial charge in [0.1, 0.15) is 12.4 Å². The molecular formula is C13H16FN3O2. The summed E-state index contributed by atoms with van der Waals surface area (Å²) in [5, 5.41) is 0. The van der Waals surface area contributed by atoms with E-state index < -0.39 is 0 Å². The second-order valence-electron chi connectivity index (χ2n) is 4.62. The van der Waals surface area contributed by atoms with Crippen molar-refractivity contribution in [3.05, 3.63) is 35.1 Å². The lowest BCUT2D eigenvalue weighted by molar-refractivity contribution is -0.149. The zero-order valence-corrected chi connectivity index (χ0v) is 10.7. The first-order valence-electron chi connectivity index (χ1n) is 6.00. The number of hydrogen-bond donors (Lipinski definition) is 1. The van der Waals surface area contributed by atoms with Crippen molar-refractivity contribution in [2.45, 2.75) is 13.1 Å². The normalized spacial score (nSPS) is 16.2. The highest BCUT2D eigenvalue weighted by Crippen LogP contribution is 2.15. The van der Waals surface area contributed by atoms with Gasteiger partial charge in [-0.15, -0.1) is 0 Å². The third-order valence-electron chi connectivity index (χ3n) is 3.23. The van der Waals surface area contributed by atoms with Crippen LogP contribution >= 0.6 is 0 Å². The maximum absolute atomic E-state index is 13.1. The molecule has 1 saturated heterocycles. The standard InChI is InChI=1S/C13H16FN3O2/c1-16-7-13(19)17(8-12(16)18)6-9-2-3-11(14)4-10(9)5-15/h2-4H,5-8,15H2,1H3. The first-order valence-corrected chi connectivity index (χ1v) is 6.00. The Labute approximate surface area is 110 Å². The minimum absolute atomic E-state index is 0.0523. The number of amides is 2. The molecule has 1 fully saturated rings. The molecule has 1 aliphatic heterocycles. The van der Waals surface area contributed by atoms with Crippen LogP contribution in [-0.2, 0) is 22.7 Å². The van der Waals surface area contributed by atoms with Gasteiger partial charge < -0.3 is 15.5 Å². The number of piperazine rings is 1. The van der Waals surface area contributed by atoms with Gasteiger partial charge in [0, 0.05) is 20.1 Å². The Hall–Kier alpha value is -1.95. The van der Waals surface area contributed by atoms with Crippen molar-refractivity contribution in [1.29, 1.82) is 0 Å². The minimum Gasteiger partial charge on any atom is -0.335 e. The van der Waals surface area contributed by atoms with Crippen molar-refractivity contribution >= 4 is 11.8 Å². The number of benzene rings is 1. The van der Waals surface area contributed by atoms with Gasteiger partial charge >= 0.3 is 0 Å².